The first-order chi connectivity index (χ1) is 7.11. The zero-order valence-electron chi connectivity index (χ0n) is 8.94. The highest BCUT2D eigenvalue weighted by Gasteiger charge is 2.18. The summed E-state index contributed by atoms with van der Waals surface area (Å²) in [6, 6.07) is 0. The SMILES string of the molecule is CCCCCCC(CO)OC(=O)C(=O)O. The molecule has 1 unspecified atom stereocenters. The van der Waals surface area contributed by atoms with E-state index in [9.17, 15) is 9.59 Å². The van der Waals surface area contributed by atoms with Gasteiger partial charge in [-0.25, -0.2) is 9.59 Å². The van der Waals surface area contributed by atoms with Crippen molar-refractivity contribution < 1.29 is 24.5 Å². The van der Waals surface area contributed by atoms with E-state index < -0.39 is 18.0 Å². The van der Waals surface area contributed by atoms with E-state index in [0.29, 0.717) is 6.42 Å². The van der Waals surface area contributed by atoms with Gasteiger partial charge >= 0.3 is 11.9 Å². The van der Waals surface area contributed by atoms with Crippen LogP contribution in [0.25, 0.3) is 0 Å². The van der Waals surface area contributed by atoms with Gasteiger partial charge in [-0.3, -0.25) is 0 Å². The minimum Gasteiger partial charge on any atom is -0.473 e. The highest BCUT2D eigenvalue weighted by molar-refractivity contribution is 6.28. The van der Waals surface area contributed by atoms with Gasteiger partial charge in [0.1, 0.15) is 6.10 Å². The molecule has 0 aliphatic rings. The fourth-order valence-electron chi connectivity index (χ4n) is 1.19. The van der Waals surface area contributed by atoms with E-state index in [0.717, 1.165) is 25.7 Å². The molecule has 0 fully saturated rings. The van der Waals surface area contributed by atoms with Gasteiger partial charge in [0.25, 0.3) is 0 Å². The van der Waals surface area contributed by atoms with Gasteiger partial charge in [0.2, 0.25) is 0 Å². The quantitative estimate of drug-likeness (QED) is 0.377. The van der Waals surface area contributed by atoms with Gasteiger partial charge < -0.3 is 14.9 Å². The standard InChI is InChI=1S/C10H18O5/c1-2-3-4-5-6-8(7-11)15-10(14)9(12)13/h8,11H,2-7H2,1H3,(H,12,13). The van der Waals surface area contributed by atoms with Gasteiger partial charge in [0.05, 0.1) is 6.61 Å². The topological polar surface area (TPSA) is 83.8 Å². The number of hydrogen-bond acceptors (Lipinski definition) is 4. The second kappa shape index (κ2) is 8.23. The molecule has 0 saturated carbocycles. The monoisotopic (exact) mass is 218 g/mol. The number of aliphatic carboxylic acids is 1. The largest absolute Gasteiger partial charge is 0.473 e. The van der Waals surface area contributed by atoms with Crippen LogP contribution in [0.1, 0.15) is 39.0 Å². The molecule has 0 aromatic rings. The summed E-state index contributed by atoms with van der Waals surface area (Å²) < 4.78 is 4.55. The molecule has 0 rings (SSSR count). The van der Waals surface area contributed by atoms with Crippen LogP contribution >= 0.6 is 0 Å². The molecular weight excluding hydrogens is 200 g/mol. The van der Waals surface area contributed by atoms with E-state index in [1.165, 1.54) is 0 Å². The highest BCUT2D eigenvalue weighted by Crippen LogP contribution is 2.08. The van der Waals surface area contributed by atoms with Crippen LogP contribution in [0.15, 0.2) is 0 Å². The number of aliphatic hydroxyl groups excluding tert-OH is 1. The Bertz CT molecular complexity index is 202. The van der Waals surface area contributed by atoms with Crippen LogP contribution in [-0.4, -0.2) is 34.9 Å². The zero-order chi connectivity index (χ0) is 11.7. The number of carbonyl (C=O) groups is 2. The maximum Gasteiger partial charge on any atom is 0.417 e. The molecular formula is C10H18O5. The van der Waals surface area contributed by atoms with Crippen LogP contribution in [-0.2, 0) is 14.3 Å². The number of carboxylic acids is 1. The van der Waals surface area contributed by atoms with Gasteiger partial charge in [0, 0.05) is 0 Å². The molecule has 5 heteroatoms. The summed E-state index contributed by atoms with van der Waals surface area (Å²) in [4.78, 5) is 20.8. The van der Waals surface area contributed by atoms with Crippen LogP contribution in [0.2, 0.25) is 0 Å². The Hall–Kier alpha value is -1.10. The van der Waals surface area contributed by atoms with E-state index in [1.54, 1.807) is 0 Å². The third-order valence-electron chi connectivity index (χ3n) is 2.03. The van der Waals surface area contributed by atoms with Crippen LogP contribution in [0.4, 0.5) is 0 Å². The number of aliphatic hydroxyl groups is 1. The number of carboxylic acid groups (broad SMARTS) is 1. The summed E-state index contributed by atoms with van der Waals surface area (Å²) in [5.74, 6) is -2.92. The first-order valence-electron chi connectivity index (χ1n) is 5.16. The Morgan fingerprint density at radius 2 is 1.93 bits per heavy atom. The zero-order valence-corrected chi connectivity index (χ0v) is 8.94. The highest BCUT2D eigenvalue weighted by atomic mass is 16.6. The van der Waals surface area contributed by atoms with Crippen molar-refractivity contribution in [2.75, 3.05) is 6.61 Å². The maximum absolute atomic E-state index is 10.7. The van der Waals surface area contributed by atoms with Crippen LogP contribution in [0.5, 0.6) is 0 Å². The van der Waals surface area contributed by atoms with Crippen molar-refractivity contribution in [1.82, 2.24) is 0 Å². The van der Waals surface area contributed by atoms with Crippen molar-refractivity contribution in [3.8, 4) is 0 Å². The number of unbranched alkanes of at least 4 members (excludes halogenated alkanes) is 3. The van der Waals surface area contributed by atoms with E-state index in [2.05, 4.69) is 11.7 Å². The molecule has 0 spiro atoms. The smallest absolute Gasteiger partial charge is 0.417 e. The predicted molar refractivity (Wildman–Crippen MR) is 53.4 cm³/mol. The fraction of sp³-hybridized carbons (Fsp3) is 0.800. The summed E-state index contributed by atoms with van der Waals surface area (Å²) >= 11 is 0. The van der Waals surface area contributed by atoms with Crippen molar-refractivity contribution >= 4 is 11.9 Å². The maximum atomic E-state index is 10.7. The molecule has 0 aromatic heterocycles. The van der Waals surface area contributed by atoms with Gasteiger partial charge in [-0.2, -0.15) is 0 Å². The number of esters is 1. The average molecular weight is 218 g/mol. The third-order valence-corrected chi connectivity index (χ3v) is 2.03. The Balaban J connectivity index is 3.73. The van der Waals surface area contributed by atoms with Gasteiger partial charge in [0.15, 0.2) is 0 Å². The molecule has 0 amide bonds. The summed E-state index contributed by atoms with van der Waals surface area (Å²) in [5, 5.41) is 17.1. The molecule has 0 saturated heterocycles. The Kier molecular flexibility index (Phi) is 7.62. The molecule has 0 aliphatic carbocycles. The fourth-order valence-corrected chi connectivity index (χ4v) is 1.19. The lowest BCUT2D eigenvalue weighted by Crippen LogP contribution is -2.26. The van der Waals surface area contributed by atoms with Crippen LogP contribution < -0.4 is 0 Å². The lowest BCUT2D eigenvalue weighted by Gasteiger charge is -2.13. The molecule has 5 nitrogen and oxygen atoms in total. The van der Waals surface area contributed by atoms with Gasteiger partial charge in [-0.05, 0) is 12.8 Å². The van der Waals surface area contributed by atoms with E-state index >= 15 is 0 Å². The molecule has 15 heavy (non-hydrogen) atoms. The van der Waals surface area contributed by atoms with Crippen molar-refractivity contribution in [3.05, 3.63) is 0 Å². The van der Waals surface area contributed by atoms with Crippen LogP contribution in [0, 0.1) is 0 Å². The van der Waals surface area contributed by atoms with Crippen molar-refractivity contribution in [2.24, 2.45) is 0 Å². The Morgan fingerprint density at radius 3 is 2.40 bits per heavy atom. The third kappa shape index (κ3) is 6.90. The number of ether oxygens (including phenoxy) is 1. The molecule has 0 aromatic carbocycles. The molecule has 88 valence electrons. The molecule has 0 heterocycles. The van der Waals surface area contributed by atoms with E-state index in [4.69, 9.17) is 10.2 Å². The second-order valence-corrected chi connectivity index (χ2v) is 3.36. The summed E-state index contributed by atoms with van der Waals surface area (Å²) in [5.41, 5.74) is 0. The minimum atomic E-state index is -1.62. The van der Waals surface area contributed by atoms with Crippen molar-refractivity contribution in [3.63, 3.8) is 0 Å². The normalized spacial score (nSPS) is 12.1. The second-order valence-electron chi connectivity index (χ2n) is 3.36. The summed E-state index contributed by atoms with van der Waals surface area (Å²) in [7, 11) is 0. The van der Waals surface area contributed by atoms with E-state index in [-0.39, 0.29) is 6.61 Å². The van der Waals surface area contributed by atoms with Gasteiger partial charge in [-0.15, -0.1) is 0 Å². The predicted octanol–water partition coefficient (Wildman–Crippen LogP) is 0.946. The summed E-state index contributed by atoms with van der Waals surface area (Å²) in [6.07, 6.45) is 3.83. The average Bonchev–Trinajstić information content (AvgIpc) is 2.22. The number of hydrogen-bond donors (Lipinski definition) is 2. The first kappa shape index (κ1) is 13.9. The number of carbonyl (C=O) groups excluding carboxylic acids is 1. The van der Waals surface area contributed by atoms with E-state index in [1.807, 2.05) is 0 Å². The molecule has 1 atom stereocenters. The lowest BCUT2D eigenvalue weighted by atomic mass is 10.1. The van der Waals surface area contributed by atoms with Crippen LogP contribution in [0.3, 0.4) is 0 Å². The lowest BCUT2D eigenvalue weighted by molar-refractivity contribution is -0.168. The molecule has 0 bridgehead atoms. The molecule has 0 aliphatic heterocycles. The van der Waals surface area contributed by atoms with Gasteiger partial charge in [-0.1, -0.05) is 26.2 Å². The van der Waals surface area contributed by atoms with Crippen molar-refractivity contribution in [1.29, 1.82) is 0 Å². The van der Waals surface area contributed by atoms with Crippen molar-refractivity contribution in [2.45, 2.75) is 45.1 Å². The number of rotatable bonds is 7. The minimum absolute atomic E-state index is 0.328. The Labute approximate surface area is 89.0 Å². The summed E-state index contributed by atoms with van der Waals surface area (Å²) in [6.45, 7) is 1.75. The Morgan fingerprint density at radius 1 is 1.27 bits per heavy atom. The molecule has 2 N–H and O–H groups in total. The molecule has 0 radical (unpaired) electrons. The first-order valence-corrected chi connectivity index (χ1v) is 5.16.